The van der Waals surface area contributed by atoms with E-state index in [-0.39, 0.29) is 12.5 Å². The van der Waals surface area contributed by atoms with Crippen molar-refractivity contribution < 1.29 is 5.11 Å². The second-order valence-electron chi connectivity index (χ2n) is 3.84. The number of hydrogen-bond donors (Lipinski definition) is 2. The molecule has 2 atom stereocenters. The van der Waals surface area contributed by atoms with Crippen LogP contribution in [0.3, 0.4) is 0 Å². The largest absolute Gasteiger partial charge is 0.394 e. The van der Waals surface area contributed by atoms with Crippen molar-refractivity contribution in [2.24, 2.45) is 11.7 Å². The van der Waals surface area contributed by atoms with E-state index >= 15 is 0 Å². The topological polar surface area (TPSA) is 59.1 Å². The SMILES string of the molecule is CC1Cc2ccncc2C1(N)CO. The minimum absolute atomic E-state index is 0.00708. The number of aromatic nitrogens is 1. The van der Waals surface area contributed by atoms with Crippen molar-refractivity contribution >= 4 is 0 Å². The zero-order valence-electron chi connectivity index (χ0n) is 7.70. The number of nitrogens with zero attached hydrogens (tertiary/aromatic N) is 1. The summed E-state index contributed by atoms with van der Waals surface area (Å²) in [5.41, 5.74) is 7.77. The van der Waals surface area contributed by atoms with E-state index in [4.69, 9.17) is 5.73 Å². The fourth-order valence-corrected chi connectivity index (χ4v) is 2.04. The molecule has 0 aromatic carbocycles. The minimum atomic E-state index is -0.580. The molecule has 0 bridgehead atoms. The Morgan fingerprint density at radius 1 is 1.77 bits per heavy atom. The first-order valence-corrected chi connectivity index (χ1v) is 4.51. The van der Waals surface area contributed by atoms with Gasteiger partial charge in [-0.05, 0) is 29.5 Å². The Balaban J connectivity index is 2.52. The highest BCUT2D eigenvalue weighted by Crippen LogP contribution is 2.38. The molecule has 0 fully saturated rings. The molecule has 3 nitrogen and oxygen atoms in total. The first-order valence-electron chi connectivity index (χ1n) is 4.51. The highest BCUT2D eigenvalue weighted by atomic mass is 16.3. The van der Waals surface area contributed by atoms with Gasteiger partial charge in [-0.15, -0.1) is 0 Å². The smallest absolute Gasteiger partial charge is 0.0690 e. The normalized spacial score (nSPS) is 31.8. The lowest BCUT2D eigenvalue weighted by Crippen LogP contribution is -2.43. The van der Waals surface area contributed by atoms with Gasteiger partial charge in [0, 0.05) is 12.4 Å². The van der Waals surface area contributed by atoms with E-state index in [9.17, 15) is 5.11 Å². The maximum Gasteiger partial charge on any atom is 0.0690 e. The minimum Gasteiger partial charge on any atom is -0.394 e. The number of nitrogens with two attached hydrogens (primary N) is 1. The quantitative estimate of drug-likeness (QED) is 0.655. The van der Waals surface area contributed by atoms with Gasteiger partial charge in [0.15, 0.2) is 0 Å². The lowest BCUT2D eigenvalue weighted by atomic mass is 9.87. The van der Waals surface area contributed by atoms with Crippen LogP contribution in [-0.4, -0.2) is 16.7 Å². The van der Waals surface area contributed by atoms with Gasteiger partial charge in [-0.25, -0.2) is 0 Å². The maximum atomic E-state index is 9.29. The molecular formula is C10H14N2O. The summed E-state index contributed by atoms with van der Waals surface area (Å²) in [7, 11) is 0. The van der Waals surface area contributed by atoms with Crippen LogP contribution in [0.15, 0.2) is 18.5 Å². The number of rotatable bonds is 1. The number of aliphatic hydroxyl groups excluding tert-OH is 1. The first kappa shape index (κ1) is 8.66. The molecule has 3 heteroatoms. The molecule has 0 aliphatic heterocycles. The molecule has 1 heterocycles. The monoisotopic (exact) mass is 178 g/mol. The van der Waals surface area contributed by atoms with E-state index in [0.717, 1.165) is 12.0 Å². The van der Waals surface area contributed by atoms with Crippen LogP contribution in [0.1, 0.15) is 18.1 Å². The molecule has 0 spiro atoms. The molecular weight excluding hydrogens is 164 g/mol. The van der Waals surface area contributed by atoms with Gasteiger partial charge in [-0.1, -0.05) is 6.92 Å². The summed E-state index contributed by atoms with van der Waals surface area (Å²) in [5, 5.41) is 9.29. The predicted octanol–water partition coefficient (Wildman–Crippen LogP) is 0.420. The van der Waals surface area contributed by atoms with Gasteiger partial charge in [-0.3, -0.25) is 4.98 Å². The van der Waals surface area contributed by atoms with Crippen LogP contribution in [0.25, 0.3) is 0 Å². The van der Waals surface area contributed by atoms with Crippen LogP contribution in [0.4, 0.5) is 0 Å². The van der Waals surface area contributed by atoms with E-state index in [1.54, 1.807) is 12.4 Å². The van der Waals surface area contributed by atoms with Crippen molar-refractivity contribution in [3.8, 4) is 0 Å². The van der Waals surface area contributed by atoms with Crippen LogP contribution in [0.2, 0.25) is 0 Å². The first-order chi connectivity index (χ1) is 6.18. The molecule has 0 saturated heterocycles. The maximum absolute atomic E-state index is 9.29. The summed E-state index contributed by atoms with van der Waals surface area (Å²) in [5.74, 6) is 0.289. The van der Waals surface area contributed by atoms with E-state index < -0.39 is 5.54 Å². The van der Waals surface area contributed by atoms with Gasteiger partial charge in [0.05, 0.1) is 12.1 Å². The van der Waals surface area contributed by atoms with Crippen molar-refractivity contribution in [3.63, 3.8) is 0 Å². The van der Waals surface area contributed by atoms with Crippen LogP contribution >= 0.6 is 0 Å². The molecule has 0 saturated carbocycles. The Morgan fingerprint density at radius 3 is 3.23 bits per heavy atom. The number of aliphatic hydroxyl groups is 1. The number of pyridine rings is 1. The Kier molecular flexibility index (Phi) is 1.86. The summed E-state index contributed by atoms with van der Waals surface area (Å²) >= 11 is 0. The second-order valence-corrected chi connectivity index (χ2v) is 3.84. The molecule has 13 heavy (non-hydrogen) atoms. The van der Waals surface area contributed by atoms with Gasteiger partial charge in [0.25, 0.3) is 0 Å². The van der Waals surface area contributed by atoms with Crippen molar-refractivity contribution in [2.75, 3.05) is 6.61 Å². The van der Waals surface area contributed by atoms with Crippen molar-refractivity contribution in [1.29, 1.82) is 0 Å². The number of hydrogen-bond acceptors (Lipinski definition) is 3. The van der Waals surface area contributed by atoms with E-state index in [1.165, 1.54) is 5.56 Å². The van der Waals surface area contributed by atoms with Gasteiger partial charge in [-0.2, -0.15) is 0 Å². The summed E-state index contributed by atoms with van der Waals surface area (Å²) in [6.07, 6.45) is 4.48. The standard InChI is InChI=1S/C10H14N2O/c1-7-4-8-2-3-12-5-9(8)10(7,11)6-13/h2-3,5,7,13H,4,6,11H2,1H3. The van der Waals surface area contributed by atoms with E-state index in [1.807, 2.05) is 6.07 Å². The second kappa shape index (κ2) is 2.79. The highest BCUT2D eigenvalue weighted by Gasteiger charge is 2.40. The van der Waals surface area contributed by atoms with Crippen LogP contribution in [0.5, 0.6) is 0 Å². The predicted molar refractivity (Wildman–Crippen MR) is 50.1 cm³/mol. The molecule has 3 N–H and O–H groups in total. The molecule has 70 valence electrons. The van der Waals surface area contributed by atoms with Crippen molar-refractivity contribution in [2.45, 2.75) is 18.9 Å². The van der Waals surface area contributed by atoms with E-state index in [2.05, 4.69) is 11.9 Å². The van der Waals surface area contributed by atoms with Crippen molar-refractivity contribution in [3.05, 3.63) is 29.6 Å². The Morgan fingerprint density at radius 2 is 2.54 bits per heavy atom. The fourth-order valence-electron chi connectivity index (χ4n) is 2.04. The molecule has 0 amide bonds. The molecule has 0 radical (unpaired) electrons. The van der Waals surface area contributed by atoms with E-state index in [0.29, 0.717) is 0 Å². The lowest BCUT2D eigenvalue weighted by molar-refractivity contribution is 0.159. The fraction of sp³-hybridized carbons (Fsp3) is 0.500. The molecule has 1 aromatic rings. The Bertz CT molecular complexity index is 326. The van der Waals surface area contributed by atoms with Crippen LogP contribution in [-0.2, 0) is 12.0 Å². The molecule has 1 aliphatic carbocycles. The average Bonchev–Trinajstić information content (AvgIpc) is 2.41. The third-order valence-corrected chi connectivity index (χ3v) is 3.08. The zero-order chi connectivity index (χ0) is 9.47. The molecule has 2 unspecified atom stereocenters. The van der Waals surface area contributed by atoms with Crippen LogP contribution in [0, 0.1) is 5.92 Å². The third-order valence-electron chi connectivity index (χ3n) is 3.08. The zero-order valence-corrected chi connectivity index (χ0v) is 7.70. The summed E-state index contributed by atoms with van der Waals surface area (Å²) < 4.78 is 0. The summed E-state index contributed by atoms with van der Waals surface area (Å²) in [6.45, 7) is 2.06. The van der Waals surface area contributed by atoms with Gasteiger partial charge in [0.1, 0.15) is 0 Å². The van der Waals surface area contributed by atoms with Gasteiger partial charge >= 0.3 is 0 Å². The molecule has 1 aliphatic rings. The highest BCUT2D eigenvalue weighted by molar-refractivity contribution is 5.37. The third kappa shape index (κ3) is 1.08. The summed E-state index contributed by atoms with van der Waals surface area (Å²) in [6, 6.07) is 1.98. The average molecular weight is 178 g/mol. The Hall–Kier alpha value is -0.930. The van der Waals surface area contributed by atoms with Crippen LogP contribution < -0.4 is 5.73 Å². The van der Waals surface area contributed by atoms with Crippen molar-refractivity contribution in [1.82, 2.24) is 4.98 Å². The lowest BCUT2D eigenvalue weighted by Gasteiger charge is -2.27. The summed E-state index contributed by atoms with van der Waals surface area (Å²) in [4.78, 5) is 4.04. The molecule has 2 rings (SSSR count). The van der Waals surface area contributed by atoms with Gasteiger partial charge < -0.3 is 10.8 Å². The number of fused-ring (bicyclic) bond motifs is 1. The van der Waals surface area contributed by atoms with Gasteiger partial charge in [0.2, 0.25) is 0 Å². The Labute approximate surface area is 77.6 Å². The molecule has 1 aromatic heterocycles.